The molecule has 7 nitrogen and oxygen atoms in total. The highest BCUT2D eigenvalue weighted by atomic mass is 32.2. The van der Waals surface area contributed by atoms with E-state index in [1.807, 2.05) is 39.0 Å². The number of nitrogens with one attached hydrogen (secondary N) is 2. The Kier molecular flexibility index (Phi) is 8.26. The highest BCUT2D eigenvalue weighted by Gasteiger charge is 2.51. The summed E-state index contributed by atoms with van der Waals surface area (Å²) in [4.78, 5) is 22.0. The van der Waals surface area contributed by atoms with Gasteiger partial charge in [0.15, 0.2) is 0 Å². The van der Waals surface area contributed by atoms with E-state index in [0.717, 1.165) is 47.9 Å². The fourth-order valence-corrected chi connectivity index (χ4v) is 5.83. The van der Waals surface area contributed by atoms with Gasteiger partial charge in [-0.05, 0) is 86.9 Å². The molecule has 0 radical (unpaired) electrons. The first-order valence-corrected chi connectivity index (χ1v) is 13.5. The van der Waals surface area contributed by atoms with Gasteiger partial charge in [0.1, 0.15) is 0 Å². The second-order valence-corrected chi connectivity index (χ2v) is 11.4. The molecule has 2 fully saturated rings. The summed E-state index contributed by atoms with van der Waals surface area (Å²) in [6.07, 6.45) is 1.12. The van der Waals surface area contributed by atoms with Crippen molar-refractivity contribution in [3.8, 4) is 0 Å². The zero-order chi connectivity index (χ0) is 27.6. The molecule has 0 saturated heterocycles. The van der Waals surface area contributed by atoms with Gasteiger partial charge < -0.3 is 10.4 Å². The van der Waals surface area contributed by atoms with E-state index in [4.69, 9.17) is 9.90 Å². The molecule has 4 rings (SSSR count). The average molecular weight is 541 g/mol. The quantitative estimate of drug-likeness (QED) is 0.470. The van der Waals surface area contributed by atoms with Crippen molar-refractivity contribution in [1.29, 1.82) is 0 Å². The van der Waals surface area contributed by atoms with Crippen LogP contribution in [0.3, 0.4) is 0 Å². The van der Waals surface area contributed by atoms with Gasteiger partial charge in [0.05, 0.1) is 10.3 Å². The molecular formula is C26H31F3N2O5S. The minimum Gasteiger partial charge on any atom is -0.475 e. The average Bonchev–Trinajstić information content (AvgIpc) is 3.46. The van der Waals surface area contributed by atoms with Gasteiger partial charge in [-0.3, -0.25) is 9.52 Å². The van der Waals surface area contributed by atoms with E-state index >= 15 is 0 Å². The lowest BCUT2D eigenvalue weighted by Crippen LogP contribution is -2.40. The minimum atomic E-state index is -5.08. The zero-order valence-corrected chi connectivity index (χ0v) is 21.7. The molecule has 0 aromatic heterocycles. The van der Waals surface area contributed by atoms with E-state index in [1.165, 1.54) is 12.8 Å². The van der Waals surface area contributed by atoms with Crippen LogP contribution in [0.1, 0.15) is 60.8 Å². The van der Waals surface area contributed by atoms with E-state index in [-0.39, 0.29) is 5.91 Å². The van der Waals surface area contributed by atoms with Crippen LogP contribution in [0.5, 0.6) is 0 Å². The van der Waals surface area contributed by atoms with Gasteiger partial charge in [-0.1, -0.05) is 31.0 Å². The summed E-state index contributed by atoms with van der Waals surface area (Å²) in [6.45, 7) is 5.69. The molecule has 1 amide bonds. The number of aliphatic carboxylic acids is 1. The number of rotatable bonds is 6. The van der Waals surface area contributed by atoms with Crippen molar-refractivity contribution in [3.05, 3.63) is 58.7 Å². The zero-order valence-electron chi connectivity index (χ0n) is 20.9. The standard InChI is InChI=1S/C24H30N2O3S.C2HF3O2/c1-16-14-18(3)22(15-17(16)2)30(28,29)26-21-10-8-19(9-11-21)24(12-13-24)23(27)25-20-6-4-5-7-20;3-2(4,5)1(6)7/h8-11,14-15,20,26H,4-7,12-13H2,1-3H3,(H,25,27);(H,6,7). The number of benzene rings is 2. The summed E-state index contributed by atoms with van der Waals surface area (Å²) in [5.41, 5.74) is 3.76. The Morgan fingerprint density at radius 2 is 1.46 bits per heavy atom. The molecule has 0 atom stereocenters. The predicted octanol–water partition coefficient (Wildman–Crippen LogP) is 5.14. The summed E-state index contributed by atoms with van der Waals surface area (Å²) in [5, 5.41) is 10.3. The van der Waals surface area contributed by atoms with Crippen LogP contribution in [0.2, 0.25) is 0 Å². The summed E-state index contributed by atoms with van der Waals surface area (Å²) < 4.78 is 60.2. The number of carboxylic acids is 1. The Labute approximate surface area is 214 Å². The molecule has 0 spiro atoms. The van der Waals surface area contributed by atoms with Crippen LogP contribution in [0.25, 0.3) is 0 Å². The second-order valence-electron chi connectivity index (χ2n) is 9.72. The van der Waals surface area contributed by atoms with Crippen molar-refractivity contribution in [2.45, 2.75) is 81.8 Å². The van der Waals surface area contributed by atoms with Crippen molar-refractivity contribution in [2.75, 3.05) is 4.72 Å². The van der Waals surface area contributed by atoms with Gasteiger partial charge in [0.2, 0.25) is 5.91 Å². The van der Waals surface area contributed by atoms with Gasteiger partial charge in [-0.2, -0.15) is 13.2 Å². The van der Waals surface area contributed by atoms with E-state index in [1.54, 1.807) is 18.2 Å². The Bertz CT molecular complexity index is 1260. The highest BCUT2D eigenvalue weighted by Crippen LogP contribution is 2.49. The van der Waals surface area contributed by atoms with E-state index in [0.29, 0.717) is 16.6 Å². The molecule has 2 aliphatic carbocycles. The molecule has 0 heterocycles. The maximum atomic E-state index is 12.9. The third-order valence-corrected chi connectivity index (χ3v) is 8.41. The molecule has 202 valence electrons. The van der Waals surface area contributed by atoms with Crippen molar-refractivity contribution in [2.24, 2.45) is 0 Å². The van der Waals surface area contributed by atoms with E-state index < -0.39 is 27.6 Å². The van der Waals surface area contributed by atoms with Crippen molar-refractivity contribution in [3.63, 3.8) is 0 Å². The Hall–Kier alpha value is -3.08. The number of anilines is 1. The topological polar surface area (TPSA) is 113 Å². The number of hydrogen-bond donors (Lipinski definition) is 3. The molecule has 2 saturated carbocycles. The van der Waals surface area contributed by atoms with Crippen LogP contribution >= 0.6 is 0 Å². The Balaban J connectivity index is 0.000000479. The fraction of sp³-hybridized carbons (Fsp3) is 0.462. The fourth-order valence-electron chi connectivity index (χ4n) is 4.46. The normalized spacial score (nSPS) is 16.9. The Morgan fingerprint density at radius 3 is 1.95 bits per heavy atom. The lowest BCUT2D eigenvalue weighted by molar-refractivity contribution is -0.192. The molecule has 2 aromatic carbocycles. The number of aryl methyl sites for hydroxylation is 3. The number of hydrogen-bond acceptors (Lipinski definition) is 4. The third kappa shape index (κ3) is 6.82. The number of carbonyl (C=O) groups is 2. The van der Waals surface area contributed by atoms with Crippen LogP contribution in [0.4, 0.5) is 18.9 Å². The van der Waals surface area contributed by atoms with Gasteiger partial charge in [0, 0.05) is 11.7 Å². The van der Waals surface area contributed by atoms with Crippen LogP contribution in [-0.2, 0) is 25.0 Å². The van der Waals surface area contributed by atoms with Crippen molar-refractivity contribution < 1.29 is 36.3 Å². The highest BCUT2D eigenvalue weighted by molar-refractivity contribution is 7.92. The second kappa shape index (κ2) is 10.7. The number of sulfonamides is 1. The van der Waals surface area contributed by atoms with E-state index in [2.05, 4.69) is 10.0 Å². The Morgan fingerprint density at radius 1 is 0.946 bits per heavy atom. The van der Waals surface area contributed by atoms with Crippen molar-refractivity contribution in [1.82, 2.24) is 5.32 Å². The molecule has 0 aliphatic heterocycles. The maximum absolute atomic E-state index is 12.9. The first-order chi connectivity index (χ1) is 17.2. The molecule has 3 N–H and O–H groups in total. The van der Waals surface area contributed by atoms with Crippen molar-refractivity contribution >= 4 is 27.6 Å². The first-order valence-electron chi connectivity index (χ1n) is 12.0. The van der Waals surface area contributed by atoms with Crippen LogP contribution in [-0.4, -0.2) is 37.6 Å². The number of amides is 1. The molecule has 37 heavy (non-hydrogen) atoms. The smallest absolute Gasteiger partial charge is 0.475 e. The summed E-state index contributed by atoms with van der Waals surface area (Å²) in [5.74, 6) is -2.64. The summed E-state index contributed by atoms with van der Waals surface area (Å²) in [7, 11) is -3.68. The van der Waals surface area contributed by atoms with Gasteiger partial charge in [-0.25, -0.2) is 13.2 Å². The SMILES string of the molecule is Cc1cc(C)c(S(=O)(=O)Nc2ccc(C3(C(=O)NC4CCCC4)CC3)cc2)cc1C.O=C(O)C(F)(F)F. The third-order valence-electron chi connectivity index (χ3n) is 6.89. The number of halogens is 3. The van der Waals surface area contributed by atoms with E-state index in [9.17, 15) is 26.4 Å². The minimum absolute atomic E-state index is 0.119. The molecule has 0 bridgehead atoms. The number of carbonyl (C=O) groups excluding carboxylic acids is 1. The van der Waals surface area contributed by atoms with Crippen LogP contribution in [0.15, 0.2) is 41.3 Å². The molecule has 11 heteroatoms. The van der Waals surface area contributed by atoms with Crippen LogP contribution < -0.4 is 10.0 Å². The molecule has 2 aliphatic rings. The summed E-state index contributed by atoms with van der Waals surface area (Å²) in [6, 6.07) is 11.2. The van der Waals surface area contributed by atoms with Gasteiger partial charge in [0.25, 0.3) is 10.0 Å². The summed E-state index contributed by atoms with van der Waals surface area (Å²) >= 11 is 0. The van der Waals surface area contributed by atoms with Crippen LogP contribution in [0, 0.1) is 20.8 Å². The molecule has 0 unspecified atom stereocenters. The first kappa shape index (κ1) is 28.5. The predicted molar refractivity (Wildman–Crippen MR) is 133 cm³/mol. The number of carboxylic acid groups (broad SMARTS) is 1. The molecule has 2 aromatic rings. The lowest BCUT2D eigenvalue weighted by Gasteiger charge is -2.20. The maximum Gasteiger partial charge on any atom is 0.490 e. The molecular weight excluding hydrogens is 509 g/mol. The van der Waals surface area contributed by atoms with Gasteiger partial charge >= 0.3 is 12.1 Å². The largest absolute Gasteiger partial charge is 0.490 e. The number of alkyl halides is 3. The monoisotopic (exact) mass is 540 g/mol. The van der Waals surface area contributed by atoms with Gasteiger partial charge in [-0.15, -0.1) is 0 Å². The lowest BCUT2D eigenvalue weighted by atomic mass is 9.94.